The molecule has 2 unspecified atom stereocenters. The molecular weight excluding hydrogens is 292 g/mol. The van der Waals surface area contributed by atoms with Crippen LogP contribution in [0, 0.1) is 5.41 Å². The van der Waals surface area contributed by atoms with E-state index >= 15 is 0 Å². The van der Waals surface area contributed by atoms with E-state index in [0.717, 1.165) is 16.5 Å². The first kappa shape index (κ1) is 15.2. The largest absolute Gasteiger partial charge is 0.349 e. The third-order valence-corrected chi connectivity index (χ3v) is 4.03. The monoisotopic (exact) mass is 312 g/mol. The van der Waals surface area contributed by atoms with Crippen molar-refractivity contribution in [3.63, 3.8) is 0 Å². The summed E-state index contributed by atoms with van der Waals surface area (Å²) in [5, 5.41) is 3.02. The number of hydrogen-bond acceptors (Lipinski definition) is 2. The Kier molecular flexibility index (Phi) is 5.35. The van der Waals surface area contributed by atoms with Crippen molar-refractivity contribution >= 4 is 21.8 Å². The van der Waals surface area contributed by atoms with Gasteiger partial charge in [-0.1, -0.05) is 35.0 Å². The first-order valence-electron chi connectivity index (χ1n) is 6.19. The topological polar surface area (TPSA) is 55.1 Å². The highest BCUT2D eigenvalue weighted by molar-refractivity contribution is 9.10. The average molecular weight is 313 g/mol. The zero-order valence-corrected chi connectivity index (χ0v) is 12.8. The molecule has 100 valence electrons. The van der Waals surface area contributed by atoms with E-state index in [-0.39, 0.29) is 11.9 Å². The third-order valence-electron chi connectivity index (χ3n) is 3.50. The summed E-state index contributed by atoms with van der Waals surface area (Å²) in [5.41, 5.74) is 6.29. The van der Waals surface area contributed by atoms with Crippen molar-refractivity contribution < 1.29 is 4.79 Å². The van der Waals surface area contributed by atoms with E-state index in [1.54, 1.807) is 0 Å². The lowest BCUT2D eigenvalue weighted by Gasteiger charge is -2.27. The van der Waals surface area contributed by atoms with Crippen molar-refractivity contribution in [1.29, 1.82) is 0 Å². The van der Waals surface area contributed by atoms with Crippen LogP contribution in [0.15, 0.2) is 28.7 Å². The number of rotatable bonds is 5. The molecule has 0 aliphatic rings. The minimum Gasteiger partial charge on any atom is -0.349 e. The van der Waals surface area contributed by atoms with E-state index in [9.17, 15) is 4.79 Å². The highest BCUT2D eigenvalue weighted by Crippen LogP contribution is 2.22. The van der Waals surface area contributed by atoms with E-state index in [1.807, 2.05) is 45.0 Å². The van der Waals surface area contributed by atoms with E-state index in [4.69, 9.17) is 5.73 Å². The molecule has 0 aromatic heterocycles. The molecule has 0 radical (unpaired) electrons. The van der Waals surface area contributed by atoms with Gasteiger partial charge >= 0.3 is 0 Å². The van der Waals surface area contributed by atoms with E-state index in [2.05, 4.69) is 21.2 Å². The molecule has 1 aromatic carbocycles. The van der Waals surface area contributed by atoms with Crippen molar-refractivity contribution in [2.45, 2.75) is 33.2 Å². The van der Waals surface area contributed by atoms with Gasteiger partial charge in [0.1, 0.15) is 0 Å². The average Bonchev–Trinajstić information content (AvgIpc) is 2.38. The second kappa shape index (κ2) is 6.34. The fourth-order valence-electron chi connectivity index (χ4n) is 1.60. The summed E-state index contributed by atoms with van der Waals surface area (Å²) in [6, 6.07) is 7.93. The van der Waals surface area contributed by atoms with Crippen molar-refractivity contribution in [1.82, 2.24) is 5.32 Å². The van der Waals surface area contributed by atoms with E-state index < -0.39 is 5.41 Å². The molecule has 2 atom stereocenters. The number of nitrogens with one attached hydrogen (secondary N) is 1. The molecule has 4 heteroatoms. The quantitative estimate of drug-likeness (QED) is 0.878. The zero-order chi connectivity index (χ0) is 13.8. The smallest absolute Gasteiger partial charge is 0.227 e. The first-order chi connectivity index (χ1) is 8.42. The molecule has 1 amide bonds. The Morgan fingerprint density at radius 1 is 1.44 bits per heavy atom. The molecule has 0 saturated carbocycles. The first-order valence-corrected chi connectivity index (χ1v) is 6.98. The Bertz CT molecular complexity index is 399. The Balaban J connectivity index is 2.73. The molecule has 0 saturated heterocycles. The number of carbonyl (C=O) groups excluding carboxylic acids is 1. The van der Waals surface area contributed by atoms with Gasteiger partial charge in [-0.2, -0.15) is 0 Å². The van der Waals surface area contributed by atoms with Gasteiger partial charge in [-0.15, -0.1) is 0 Å². The van der Waals surface area contributed by atoms with Crippen molar-refractivity contribution in [2.24, 2.45) is 11.1 Å². The van der Waals surface area contributed by atoms with Gasteiger partial charge in [0.05, 0.1) is 11.5 Å². The maximum absolute atomic E-state index is 12.2. The number of carbonyl (C=O) groups is 1. The van der Waals surface area contributed by atoms with Crippen LogP contribution in [-0.4, -0.2) is 12.5 Å². The number of halogens is 1. The lowest BCUT2D eigenvalue weighted by atomic mass is 9.86. The van der Waals surface area contributed by atoms with Crippen molar-refractivity contribution in [2.75, 3.05) is 6.54 Å². The lowest BCUT2D eigenvalue weighted by molar-refractivity contribution is -0.130. The van der Waals surface area contributed by atoms with Crippen LogP contribution in [0.25, 0.3) is 0 Å². The molecule has 1 aromatic rings. The summed E-state index contributed by atoms with van der Waals surface area (Å²) < 4.78 is 1.03. The van der Waals surface area contributed by atoms with Crippen LogP contribution in [-0.2, 0) is 4.79 Å². The highest BCUT2D eigenvalue weighted by atomic mass is 79.9. The van der Waals surface area contributed by atoms with Gasteiger partial charge in [0.15, 0.2) is 0 Å². The minimum atomic E-state index is -0.483. The molecule has 18 heavy (non-hydrogen) atoms. The van der Waals surface area contributed by atoms with Gasteiger partial charge in [0.25, 0.3) is 0 Å². The molecule has 3 nitrogen and oxygen atoms in total. The van der Waals surface area contributed by atoms with Gasteiger partial charge < -0.3 is 11.1 Å². The van der Waals surface area contributed by atoms with Crippen molar-refractivity contribution in [3.8, 4) is 0 Å². The summed E-state index contributed by atoms with van der Waals surface area (Å²) in [7, 11) is 0. The van der Waals surface area contributed by atoms with Gasteiger partial charge in [-0.05, 0) is 38.0 Å². The molecule has 0 aliphatic carbocycles. The normalized spacial score (nSPS) is 15.8. The van der Waals surface area contributed by atoms with Crippen LogP contribution in [0.1, 0.15) is 38.8 Å². The lowest BCUT2D eigenvalue weighted by Crippen LogP contribution is -2.44. The molecule has 0 spiro atoms. The number of amides is 1. The number of hydrogen-bond donors (Lipinski definition) is 2. The summed E-state index contributed by atoms with van der Waals surface area (Å²) in [6.07, 6.45) is 0.738. The molecule has 0 bridgehead atoms. The van der Waals surface area contributed by atoms with E-state index in [0.29, 0.717) is 6.54 Å². The predicted molar refractivity (Wildman–Crippen MR) is 78.2 cm³/mol. The fourth-order valence-corrected chi connectivity index (χ4v) is 1.87. The third kappa shape index (κ3) is 3.56. The SMILES string of the molecule is CCC(C)(CN)C(=O)NC(C)c1ccc(Br)cc1. The number of nitrogens with two attached hydrogens (primary N) is 1. The molecule has 0 aliphatic heterocycles. The predicted octanol–water partition coefficient (Wildman–Crippen LogP) is 3.00. The fraction of sp³-hybridized carbons (Fsp3) is 0.500. The van der Waals surface area contributed by atoms with Crippen LogP contribution in [0.4, 0.5) is 0 Å². The van der Waals surface area contributed by atoms with Crippen molar-refractivity contribution in [3.05, 3.63) is 34.3 Å². The summed E-state index contributed by atoms with van der Waals surface area (Å²) in [4.78, 5) is 12.2. The minimum absolute atomic E-state index is 0.0111. The maximum atomic E-state index is 12.2. The zero-order valence-electron chi connectivity index (χ0n) is 11.2. The van der Waals surface area contributed by atoms with Gasteiger partial charge in [-0.3, -0.25) is 4.79 Å². The van der Waals surface area contributed by atoms with Gasteiger partial charge in [0.2, 0.25) is 5.91 Å². The summed E-state index contributed by atoms with van der Waals surface area (Å²) >= 11 is 3.40. The van der Waals surface area contributed by atoms with Gasteiger partial charge in [0, 0.05) is 11.0 Å². The number of benzene rings is 1. The second-order valence-electron chi connectivity index (χ2n) is 4.87. The Morgan fingerprint density at radius 2 is 2.00 bits per heavy atom. The summed E-state index contributed by atoms with van der Waals surface area (Å²) in [6.45, 7) is 6.23. The molecule has 0 fully saturated rings. The van der Waals surface area contributed by atoms with E-state index in [1.165, 1.54) is 0 Å². The standard InChI is InChI=1S/C14H21BrN2O/c1-4-14(3,9-16)13(18)17-10(2)11-5-7-12(15)8-6-11/h5-8,10H,4,9,16H2,1-3H3,(H,17,18). The molecule has 1 rings (SSSR count). The Hall–Kier alpha value is -0.870. The Morgan fingerprint density at radius 3 is 2.44 bits per heavy atom. The highest BCUT2D eigenvalue weighted by Gasteiger charge is 2.30. The Labute approximate surface area is 117 Å². The maximum Gasteiger partial charge on any atom is 0.227 e. The summed E-state index contributed by atoms with van der Waals surface area (Å²) in [5.74, 6) is 0.0166. The van der Waals surface area contributed by atoms with Crippen LogP contribution >= 0.6 is 15.9 Å². The van der Waals surface area contributed by atoms with Crippen LogP contribution < -0.4 is 11.1 Å². The van der Waals surface area contributed by atoms with Crippen LogP contribution in [0.3, 0.4) is 0 Å². The van der Waals surface area contributed by atoms with Crippen LogP contribution in [0.2, 0.25) is 0 Å². The van der Waals surface area contributed by atoms with Crippen LogP contribution in [0.5, 0.6) is 0 Å². The second-order valence-corrected chi connectivity index (χ2v) is 5.78. The molecule has 3 N–H and O–H groups in total. The molecule has 0 heterocycles. The van der Waals surface area contributed by atoms with Gasteiger partial charge in [-0.25, -0.2) is 0 Å². The molecular formula is C14H21BrN2O.